The van der Waals surface area contributed by atoms with Gasteiger partial charge < -0.3 is 15.5 Å². The van der Waals surface area contributed by atoms with Gasteiger partial charge >= 0.3 is 0 Å². The highest BCUT2D eigenvalue weighted by molar-refractivity contribution is 14.0. The average molecular weight is 460 g/mol. The van der Waals surface area contributed by atoms with E-state index in [1.165, 1.54) is 18.6 Å². The zero-order valence-corrected chi connectivity index (χ0v) is 17.1. The first-order valence-corrected chi connectivity index (χ1v) is 9.27. The lowest BCUT2D eigenvalue weighted by Gasteiger charge is -2.19. The first-order valence-electron chi connectivity index (χ1n) is 8.22. The molecule has 1 aromatic carbocycles. The van der Waals surface area contributed by atoms with Crippen LogP contribution < -0.4 is 15.5 Å². The minimum Gasteiger partial charge on any atom is -0.355 e. The molecular weight excluding hydrogens is 435 g/mol. The summed E-state index contributed by atoms with van der Waals surface area (Å²) in [5.41, 5.74) is 2.17. The van der Waals surface area contributed by atoms with Crippen molar-refractivity contribution in [2.75, 3.05) is 37.3 Å². The summed E-state index contributed by atoms with van der Waals surface area (Å²) in [4.78, 5) is 18.2. The Morgan fingerprint density at radius 3 is 2.96 bits per heavy atom. The summed E-state index contributed by atoms with van der Waals surface area (Å²) in [6.45, 7) is 2.31. The third-order valence-electron chi connectivity index (χ3n) is 4.30. The van der Waals surface area contributed by atoms with Crippen molar-refractivity contribution in [1.29, 1.82) is 0 Å². The van der Waals surface area contributed by atoms with E-state index in [9.17, 15) is 4.79 Å². The number of guanidine groups is 1. The van der Waals surface area contributed by atoms with Crippen molar-refractivity contribution >= 4 is 53.3 Å². The van der Waals surface area contributed by atoms with Gasteiger partial charge in [-0.2, -0.15) is 11.8 Å². The van der Waals surface area contributed by atoms with Crippen LogP contribution in [0.5, 0.6) is 0 Å². The lowest BCUT2D eigenvalue weighted by atomic mass is 10.2. The molecule has 0 radical (unpaired) electrons. The standard InChI is InChI=1S/C17H24N4OS.HI/c1-18-17(20-12-14-6-4-10-23-14)19-8-9-21-15-7-3-2-5-13(15)11-16(21)22;/h2-3,5,7,14H,4,6,8-12H2,1H3,(H2,18,19,20);1H. The van der Waals surface area contributed by atoms with E-state index >= 15 is 0 Å². The topological polar surface area (TPSA) is 56.7 Å². The smallest absolute Gasteiger partial charge is 0.231 e. The maximum atomic E-state index is 12.1. The van der Waals surface area contributed by atoms with Crippen LogP contribution in [0.3, 0.4) is 0 Å². The number of aliphatic imine (C=N–C) groups is 1. The fourth-order valence-corrected chi connectivity index (χ4v) is 4.29. The summed E-state index contributed by atoms with van der Waals surface area (Å²) >= 11 is 2.03. The molecule has 0 aromatic heterocycles. The van der Waals surface area contributed by atoms with Crippen LogP contribution in [0, 0.1) is 0 Å². The molecule has 0 spiro atoms. The second-order valence-corrected chi connectivity index (χ2v) is 7.27. The van der Waals surface area contributed by atoms with Crippen molar-refractivity contribution in [2.45, 2.75) is 24.5 Å². The largest absolute Gasteiger partial charge is 0.355 e. The Hall–Kier alpha value is -0.960. The number of hydrogen-bond donors (Lipinski definition) is 2. The predicted molar refractivity (Wildman–Crippen MR) is 113 cm³/mol. The van der Waals surface area contributed by atoms with Gasteiger partial charge in [0.2, 0.25) is 5.91 Å². The molecule has 24 heavy (non-hydrogen) atoms. The Morgan fingerprint density at radius 1 is 1.38 bits per heavy atom. The molecule has 0 aliphatic carbocycles. The van der Waals surface area contributed by atoms with E-state index in [1.54, 1.807) is 7.05 Å². The van der Waals surface area contributed by atoms with Gasteiger partial charge in [-0.05, 0) is 30.2 Å². The minimum absolute atomic E-state index is 0. The monoisotopic (exact) mass is 460 g/mol. The van der Waals surface area contributed by atoms with E-state index in [0.717, 1.165) is 23.8 Å². The molecule has 1 unspecified atom stereocenters. The van der Waals surface area contributed by atoms with Crippen molar-refractivity contribution in [3.8, 4) is 0 Å². The number of nitrogens with zero attached hydrogens (tertiary/aromatic N) is 2. The van der Waals surface area contributed by atoms with Crippen molar-refractivity contribution < 1.29 is 4.79 Å². The van der Waals surface area contributed by atoms with Gasteiger partial charge in [0.15, 0.2) is 5.96 Å². The van der Waals surface area contributed by atoms with Crippen LogP contribution in [0.4, 0.5) is 5.69 Å². The molecule has 2 N–H and O–H groups in total. The minimum atomic E-state index is 0. The molecule has 1 fully saturated rings. The molecular formula is C17H25IN4OS. The average Bonchev–Trinajstić information content (AvgIpc) is 3.18. The zero-order chi connectivity index (χ0) is 16.1. The maximum Gasteiger partial charge on any atom is 0.231 e. The normalized spacial score (nSPS) is 19.9. The van der Waals surface area contributed by atoms with Crippen molar-refractivity contribution in [3.05, 3.63) is 29.8 Å². The number of carbonyl (C=O) groups excluding carboxylic acids is 1. The number of halogens is 1. The highest BCUT2D eigenvalue weighted by atomic mass is 127. The van der Waals surface area contributed by atoms with Gasteiger partial charge in [-0.3, -0.25) is 9.79 Å². The van der Waals surface area contributed by atoms with Crippen LogP contribution in [0.25, 0.3) is 0 Å². The van der Waals surface area contributed by atoms with Gasteiger partial charge in [-0.15, -0.1) is 24.0 Å². The molecule has 2 heterocycles. The Balaban J connectivity index is 0.00000208. The fourth-order valence-electron chi connectivity index (χ4n) is 3.08. The van der Waals surface area contributed by atoms with Gasteiger partial charge in [-0.25, -0.2) is 0 Å². The summed E-state index contributed by atoms with van der Waals surface area (Å²) < 4.78 is 0. The van der Waals surface area contributed by atoms with Crippen molar-refractivity contribution in [1.82, 2.24) is 10.6 Å². The first kappa shape index (κ1) is 19.4. The van der Waals surface area contributed by atoms with E-state index in [1.807, 2.05) is 40.9 Å². The summed E-state index contributed by atoms with van der Waals surface area (Å²) in [7, 11) is 1.79. The molecule has 1 amide bonds. The second kappa shape index (κ2) is 9.50. The summed E-state index contributed by atoms with van der Waals surface area (Å²) in [6, 6.07) is 8.02. The molecule has 132 valence electrons. The summed E-state index contributed by atoms with van der Waals surface area (Å²) in [6.07, 6.45) is 3.12. The Morgan fingerprint density at radius 2 is 2.21 bits per heavy atom. The summed E-state index contributed by atoms with van der Waals surface area (Å²) in [5.74, 6) is 2.27. The number of para-hydroxylation sites is 1. The molecule has 5 nitrogen and oxygen atoms in total. The van der Waals surface area contributed by atoms with Crippen LogP contribution in [-0.2, 0) is 11.2 Å². The van der Waals surface area contributed by atoms with Gasteiger partial charge in [-0.1, -0.05) is 18.2 Å². The summed E-state index contributed by atoms with van der Waals surface area (Å²) in [5, 5.41) is 7.38. The Bertz CT molecular complexity index is 590. The third-order valence-corrected chi connectivity index (χ3v) is 5.70. The van der Waals surface area contributed by atoms with Crippen LogP contribution in [0.15, 0.2) is 29.3 Å². The molecule has 7 heteroatoms. The lowest BCUT2D eigenvalue weighted by molar-refractivity contribution is -0.117. The number of fused-ring (bicyclic) bond motifs is 1. The number of benzene rings is 1. The van der Waals surface area contributed by atoms with Gasteiger partial charge in [0.25, 0.3) is 0 Å². The number of anilines is 1. The SMILES string of the molecule is CN=C(NCCN1C(=O)Cc2ccccc21)NCC1CCCS1.I. The molecule has 1 aromatic rings. The Kier molecular flexibility index (Phi) is 7.67. The van der Waals surface area contributed by atoms with E-state index in [2.05, 4.69) is 15.6 Å². The predicted octanol–water partition coefficient (Wildman–Crippen LogP) is 2.25. The quantitative estimate of drug-likeness (QED) is 0.402. The third kappa shape index (κ3) is 4.78. The van der Waals surface area contributed by atoms with Crippen molar-refractivity contribution in [2.24, 2.45) is 4.99 Å². The van der Waals surface area contributed by atoms with E-state index in [4.69, 9.17) is 0 Å². The lowest BCUT2D eigenvalue weighted by Crippen LogP contribution is -2.43. The highest BCUT2D eigenvalue weighted by Gasteiger charge is 2.26. The molecule has 2 aliphatic heterocycles. The molecule has 1 saturated heterocycles. The zero-order valence-electron chi connectivity index (χ0n) is 14.0. The molecule has 0 saturated carbocycles. The van der Waals surface area contributed by atoms with E-state index in [-0.39, 0.29) is 29.9 Å². The van der Waals surface area contributed by atoms with Crippen LogP contribution in [0.2, 0.25) is 0 Å². The van der Waals surface area contributed by atoms with Gasteiger partial charge in [0.1, 0.15) is 0 Å². The number of hydrogen-bond acceptors (Lipinski definition) is 3. The van der Waals surface area contributed by atoms with Crippen LogP contribution >= 0.6 is 35.7 Å². The number of amides is 1. The van der Waals surface area contributed by atoms with Crippen LogP contribution in [0.1, 0.15) is 18.4 Å². The maximum absolute atomic E-state index is 12.1. The number of thioether (sulfide) groups is 1. The van der Waals surface area contributed by atoms with E-state index in [0.29, 0.717) is 24.8 Å². The first-order chi connectivity index (χ1) is 11.3. The van der Waals surface area contributed by atoms with Crippen molar-refractivity contribution in [3.63, 3.8) is 0 Å². The molecule has 0 bridgehead atoms. The molecule has 3 rings (SSSR count). The molecule has 2 aliphatic rings. The highest BCUT2D eigenvalue weighted by Crippen LogP contribution is 2.27. The van der Waals surface area contributed by atoms with Gasteiger partial charge in [0, 0.05) is 37.6 Å². The number of rotatable bonds is 5. The fraction of sp³-hybridized carbons (Fsp3) is 0.529. The van der Waals surface area contributed by atoms with Crippen LogP contribution in [-0.4, -0.2) is 49.6 Å². The van der Waals surface area contributed by atoms with Gasteiger partial charge in [0.05, 0.1) is 6.42 Å². The second-order valence-electron chi connectivity index (χ2n) is 5.87. The molecule has 1 atom stereocenters. The van der Waals surface area contributed by atoms with E-state index < -0.39 is 0 Å². The number of nitrogens with one attached hydrogen (secondary N) is 2. The Labute approximate surface area is 165 Å². The number of carbonyl (C=O) groups is 1.